The topological polar surface area (TPSA) is 82.6 Å². The van der Waals surface area contributed by atoms with E-state index in [2.05, 4.69) is 20.2 Å². The average molecular weight is 385 g/mol. The molecule has 5 rings (SSSR count). The summed E-state index contributed by atoms with van der Waals surface area (Å²) in [4.78, 5) is 24.2. The third-order valence-electron chi connectivity index (χ3n) is 5.30. The van der Waals surface area contributed by atoms with E-state index in [0.29, 0.717) is 5.95 Å². The molecule has 0 spiro atoms. The minimum absolute atomic E-state index is 0.528. The van der Waals surface area contributed by atoms with Crippen molar-refractivity contribution in [3.63, 3.8) is 0 Å². The van der Waals surface area contributed by atoms with E-state index < -0.39 is 0 Å². The second-order valence-corrected chi connectivity index (χ2v) is 7.39. The fourth-order valence-corrected chi connectivity index (χ4v) is 3.77. The molecule has 146 valence electrons. The van der Waals surface area contributed by atoms with Crippen molar-refractivity contribution < 1.29 is 0 Å². The van der Waals surface area contributed by atoms with Gasteiger partial charge in [-0.05, 0) is 49.9 Å². The smallest absolute Gasteiger partial charge is 0.228 e. The van der Waals surface area contributed by atoms with Crippen molar-refractivity contribution in [2.75, 3.05) is 23.3 Å². The summed E-state index contributed by atoms with van der Waals surface area (Å²) in [7, 11) is 0. The molecule has 7 heteroatoms. The van der Waals surface area contributed by atoms with E-state index in [1.54, 1.807) is 0 Å². The highest BCUT2D eigenvalue weighted by atomic mass is 15.3. The van der Waals surface area contributed by atoms with Crippen molar-refractivity contribution >= 4 is 28.6 Å². The van der Waals surface area contributed by atoms with Gasteiger partial charge >= 0.3 is 0 Å². The number of aromatic nitrogens is 5. The molecular weight excluding hydrogens is 362 g/mol. The monoisotopic (exact) mass is 385 g/mol. The Kier molecular flexibility index (Phi) is 4.56. The molecule has 4 aromatic rings. The van der Waals surface area contributed by atoms with Crippen LogP contribution >= 0.6 is 0 Å². The number of piperidine rings is 1. The number of nitrogens with one attached hydrogen (secondary N) is 2. The van der Waals surface area contributed by atoms with Crippen LogP contribution in [-0.4, -0.2) is 38.0 Å². The van der Waals surface area contributed by atoms with Crippen molar-refractivity contribution in [1.29, 1.82) is 0 Å². The van der Waals surface area contributed by atoms with Gasteiger partial charge in [0.25, 0.3) is 0 Å². The lowest BCUT2D eigenvalue weighted by Crippen LogP contribution is -2.31. The maximum absolute atomic E-state index is 4.85. The highest BCUT2D eigenvalue weighted by molar-refractivity contribution is 5.91. The van der Waals surface area contributed by atoms with E-state index >= 15 is 0 Å². The maximum atomic E-state index is 4.85. The van der Waals surface area contributed by atoms with Gasteiger partial charge < -0.3 is 15.2 Å². The molecule has 7 nitrogen and oxygen atoms in total. The third kappa shape index (κ3) is 3.51. The van der Waals surface area contributed by atoms with Crippen LogP contribution in [0.25, 0.3) is 22.2 Å². The fraction of sp³-hybridized carbons (Fsp3) is 0.273. The molecule has 1 aromatic carbocycles. The van der Waals surface area contributed by atoms with Gasteiger partial charge in [-0.3, -0.25) is 0 Å². The third-order valence-corrected chi connectivity index (χ3v) is 5.30. The molecule has 2 N–H and O–H groups in total. The van der Waals surface area contributed by atoms with Crippen LogP contribution in [0.3, 0.4) is 0 Å². The van der Waals surface area contributed by atoms with Crippen LogP contribution in [0.2, 0.25) is 0 Å². The molecule has 0 aliphatic carbocycles. The molecule has 0 unspecified atom stereocenters. The van der Waals surface area contributed by atoms with Gasteiger partial charge in [-0.1, -0.05) is 12.1 Å². The van der Waals surface area contributed by atoms with Crippen LogP contribution in [0.15, 0.2) is 48.9 Å². The molecular formula is C22H23N7. The molecule has 29 heavy (non-hydrogen) atoms. The first-order valence-electron chi connectivity index (χ1n) is 10.0. The molecule has 0 atom stereocenters. The summed E-state index contributed by atoms with van der Waals surface area (Å²) in [5.74, 6) is 2.03. The molecule has 1 fully saturated rings. The summed E-state index contributed by atoms with van der Waals surface area (Å²) in [5.41, 5.74) is 3.88. The van der Waals surface area contributed by atoms with E-state index in [1.165, 1.54) is 19.3 Å². The number of benzene rings is 1. The number of hydrogen-bond acceptors (Lipinski definition) is 6. The summed E-state index contributed by atoms with van der Waals surface area (Å²) < 4.78 is 0. The lowest BCUT2D eigenvalue weighted by atomic mass is 10.1. The zero-order valence-electron chi connectivity index (χ0n) is 16.4. The van der Waals surface area contributed by atoms with Crippen LogP contribution in [0.4, 0.5) is 17.7 Å². The van der Waals surface area contributed by atoms with E-state index in [-0.39, 0.29) is 0 Å². The number of rotatable bonds is 4. The molecule has 0 amide bonds. The largest absolute Gasteiger partial charge is 0.367 e. The van der Waals surface area contributed by atoms with Crippen LogP contribution in [0.1, 0.15) is 24.8 Å². The Morgan fingerprint density at radius 3 is 2.69 bits per heavy atom. The Balaban J connectivity index is 1.55. The summed E-state index contributed by atoms with van der Waals surface area (Å²) >= 11 is 0. The van der Waals surface area contributed by atoms with Crippen molar-refractivity contribution in [2.24, 2.45) is 0 Å². The SMILES string of the molecule is Cc1cnc(Nc2nc(N3CCCCC3)nc3ccccc23)nc1-c1cc[nH]c1. The number of fused-ring (bicyclic) bond motifs is 1. The highest BCUT2D eigenvalue weighted by Gasteiger charge is 2.17. The van der Waals surface area contributed by atoms with E-state index in [4.69, 9.17) is 15.0 Å². The van der Waals surface area contributed by atoms with Gasteiger partial charge in [0.1, 0.15) is 5.82 Å². The number of H-pyrrole nitrogens is 1. The standard InChI is InChI=1S/C22H23N7/c1-15-13-24-21(26-19(15)16-9-10-23-14-16)27-20-17-7-3-4-8-18(17)25-22(28-20)29-11-5-2-6-12-29/h3-4,7-10,13-14,23H,2,5-6,11-12H2,1H3,(H,24,25,26,27,28). The van der Waals surface area contributed by atoms with Crippen molar-refractivity contribution in [3.05, 3.63) is 54.5 Å². The molecule has 3 aromatic heterocycles. The minimum atomic E-state index is 0.528. The number of para-hydroxylation sites is 1. The Hall–Kier alpha value is -3.48. The number of anilines is 3. The molecule has 1 aliphatic rings. The second kappa shape index (κ2) is 7.50. The molecule has 0 bridgehead atoms. The predicted molar refractivity (Wildman–Crippen MR) is 115 cm³/mol. The zero-order valence-corrected chi connectivity index (χ0v) is 16.4. The normalized spacial score (nSPS) is 14.3. The molecule has 1 aliphatic heterocycles. The van der Waals surface area contributed by atoms with E-state index in [1.807, 2.05) is 55.8 Å². The number of hydrogen-bond donors (Lipinski definition) is 2. The average Bonchev–Trinajstić information content (AvgIpc) is 3.30. The van der Waals surface area contributed by atoms with Crippen LogP contribution in [0.5, 0.6) is 0 Å². The summed E-state index contributed by atoms with van der Waals surface area (Å²) in [5, 5.41) is 4.30. The van der Waals surface area contributed by atoms with Crippen molar-refractivity contribution in [1.82, 2.24) is 24.9 Å². The lowest BCUT2D eigenvalue weighted by Gasteiger charge is -2.27. The molecule has 0 radical (unpaired) electrons. The van der Waals surface area contributed by atoms with Crippen LogP contribution < -0.4 is 10.2 Å². The molecule has 0 saturated carbocycles. The van der Waals surface area contributed by atoms with Crippen molar-refractivity contribution in [2.45, 2.75) is 26.2 Å². The summed E-state index contributed by atoms with van der Waals surface area (Å²) in [6.45, 7) is 4.01. The first kappa shape index (κ1) is 17.6. The quantitative estimate of drug-likeness (QED) is 0.540. The van der Waals surface area contributed by atoms with Gasteiger partial charge in [0, 0.05) is 42.6 Å². The van der Waals surface area contributed by atoms with Crippen LogP contribution in [-0.2, 0) is 0 Å². The van der Waals surface area contributed by atoms with Gasteiger partial charge in [0.05, 0.1) is 11.2 Å². The highest BCUT2D eigenvalue weighted by Crippen LogP contribution is 2.28. The Morgan fingerprint density at radius 2 is 1.86 bits per heavy atom. The molecule has 1 saturated heterocycles. The lowest BCUT2D eigenvalue weighted by molar-refractivity contribution is 0.569. The Bertz CT molecular complexity index is 1130. The number of aromatic amines is 1. The van der Waals surface area contributed by atoms with Gasteiger partial charge in [0.2, 0.25) is 11.9 Å². The van der Waals surface area contributed by atoms with Gasteiger partial charge in [-0.15, -0.1) is 0 Å². The first-order chi connectivity index (χ1) is 14.3. The fourth-order valence-electron chi connectivity index (χ4n) is 3.77. The van der Waals surface area contributed by atoms with Gasteiger partial charge in [0.15, 0.2) is 0 Å². The zero-order chi connectivity index (χ0) is 19.6. The second-order valence-electron chi connectivity index (χ2n) is 7.39. The maximum Gasteiger partial charge on any atom is 0.228 e. The summed E-state index contributed by atoms with van der Waals surface area (Å²) in [6, 6.07) is 10.1. The van der Waals surface area contributed by atoms with Crippen molar-refractivity contribution in [3.8, 4) is 11.3 Å². The van der Waals surface area contributed by atoms with E-state index in [9.17, 15) is 0 Å². The van der Waals surface area contributed by atoms with Gasteiger partial charge in [-0.2, -0.15) is 4.98 Å². The number of nitrogens with zero attached hydrogens (tertiary/aromatic N) is 5. The Morgan fingerprint density at radius 1 is 1.00 bits per heavy atom. The molecule has 4 heterocycles. The predicted octanol–water partition coefficient (Wildman–Crippen LogP) is 4.46. The van der Waals surface area contributed by atoms with Gasteiger partial charge in [-0.25, -0.2) is 15.0 Å². The van der Waals surface area contributed by atoms with Crippen LogP contribution in [0, 0.1) is 6.92 Å². The minimum Gasteiger partial charge on any atom is -0.367 e. The first-order valence-corrected chi connectivity index (χ1v) is 10.0. The Labute approximate surface area is 169 Å². The number of aryl methyl sites for hydroxylation is 1. The van der Waals surface area contributed by atoms with E-state index in [0.717, 1.165) is 52.6 Å². The summed E-state index contributed by atoms with van der Waals surface area (Å²) in [6.07, 6.45) is 9.31.